The van der Waals surface area contributed by atoms with E-state index >= 15 is 0 Å². The second kappa shape index (κ2) is 11.7. The second-order valence-corrected chi connectivity index (χ2v) is 7.52. The van der Waals surface area contributed by atoms with Crippen LogP contribution in [-0.2, 0) is 22.6 Å². The molecule has 0 aliphatic rings. The molecule has 1 heterocycles. The molecule has 1 aromatic heterocycles. The van der Waals surface area contributed by atoms with Gasteiger partial charge in [0.15, 0.2) is 0 Å². The molecule has 2 aromatic carbocycles. The molecule has 32 heavy (non-hydrogen) atoms. The number of halogens is 1. The number of hydrogen-bond donors (Lipinski definition) is 3. The van der Waals surface area contributed by atoms with Gasteiger partial charge >= 0.3 is 6.09 Å². The summed E-state index contributed by atoms with van der Waals surface area (Å²) in [5.74, 6) is 0.184. The molecule has 0 radical (unpaired) electrons. The third-order valence-corrected chi connectivity index (χ3v) is 4.98. The first kappa shape index (κ1) is 23.0. The number of methoxy groups -OCH3 is 1. The molecule has 10 heteroatoms. The monoisotopic (exact) mass is 499 g/mol. The van der Waals surface area contributed by atoms with Gasteiger partial charge in [0.25, 0.3) is 5.91 Å². The fourth-order valence-corrected chi connectivity index (χ4v) is 3.30. The Balaban J connectivity index is 1.60. The third-order valence-electron chi connectivity index (χ3n) is 4.36. The van der Waals surface area contributed by atoms with Crippen LogP contribution in [0.2, 0.25) is 0 Å². The van der Waals surface area contributed by atoms with Crippen molar-refractivity contribution in [3.8, 4) is 5.75 Å². The molecule has 3 aromatic rings. The minimum Gasteiger partial charge on any atom is -0.496 e. The zero-order chi connectivity index (χ0) is 22.8. The highest BCUT2D eigenvalue weighted by atomic mass is 79.9. The Hall–Kier alpha value is -3.66. The van der Waals surface area contributed by atoms with Crippen LogP contribution < -0.4 is 15.5 Å². The van der Waals surface area contributed by atoms with E-state index < -0.39 is 18.0 Å². The maximum Gasteiger partial charge on any atom is 0.408 e. The SMILES string of the molecule is COc1ccc(/C=N\NC(=O)[C@@H](Cc2cnc[nH]2)NC(=O)OCc2ccccc2)cc1Br. The lowest BCUT2D eigenvalue weighted by Gasteiger charge is -2.16. The van der Waals surface area contributed by atoms with Crippen molar-refractivity contribution < 1.29 is 19.1 Å². The minimum atomic E-state index is -0.918. The molecule has 0 spiro atoms. The maximum absolute atomic E-state index is 12.7. The summed E-state index contributed by atoms with van der Waals surface area (Å²) >= 11 is 3.40. The van der Waals surface area contributed by atoms with Gasteiger partial charge in [-0.15, -0.1) is 0 Å². The van der Waals surface area contributed by atoms with Crippen molar-refractivity contribution in [1.29, 1.82) is 0 Å². The number of carbonyl (C=O) groups is 2. The Morgan fingerprint density at radius 3 is 2.75 bits per heavy atom. The number of hydrazone groups is 1. The summed E-state index contributed by atoms with van der Waals surface area (Å²) in [4.78, 5) is 31.8. The van der Waals surface area contributed by atoms with Gasteiger partial charge in [0, 0.05) is 18.3 Å². The number of nitrogens with one attached hydrogen (secondary N) is 3. The number of hydrogen-bond acceptors (Lipinski definition) is 6. The van der Waals surface area contributed by atoms with Crippen molar-refractivity contribution in [3.05, 3.63) is 82.3 Å². The van der Waals surface area contributed by atoms with E-state index in [1.807, 2.05) is 30.3 Å². The van der Waals surface area contributed by atoms with Gasteiger partial charge in [-0.3, -0.25) is 4.79 Å². The Bertz CT molecular complexity index is 1060. The number of nitrogens with zero attached hydrogens (tertiary/aromatic N) is 2. The molecule has 0 bridgehead atoms. The van der Waals surface area contributed by atoms with E-state index in [0.717, 1.165) is 15.6 Å². The lowest BCUT2D eigenvalue weighted by atomic mass is 10.1. The molecule has 166 valence electrons. The standard InChI is InChI=1S/C22H22BrN5O4/c1-31-20-8-7-16(9-18(20)23)11-26-28-21(29)19(10-17-12-24-14-25-17)27-22(30)32-13-15-5-3-2-4-6-15/h2-9,11-12,14,19H,10,13H2,1H3,(H,24,25)(H,27,30)(H,28,29)/b26-11-/t19-/m1/s1. The molecular weight excluding hydrogens is 478 g/mol. The molecule has 0 fully saturated rings. The van der Waals surface area contributed by atoms with Crippen molar-refractivity contribution in [2.24, 2.45) is 5.10 Å². The van der Waals surface area contributed by atoms with E-state index in [9.17, 15) is 9.59 Å². The summed E-state index contributed by atoms with van der Waals surface area (Å²) in [5.41, 5.74) is 4.72. The normalized spacial score (nSPS) is 11.7. The zero-order valence-electron chi connectivity index (χ0n) is 17.2. The largest absolute Gasteiger partial charge is 0.496 e. The number of ether oxygens (including phenoxy) is 2. The summed E-state index contributed by atoms with van der Waals surface area (Å²) in [5, 5.41) is 6.56. The second-order valence-electron chi connectivity index (χ2n) is 6.67. The molecule has 3 N–H and O–H groups in total. The third kappa shape index (κ3) is 6.95. The number of H-pyrrole nitrogens is 1. The number of imidazole rings is 1. The van der Waals surface area contributed by atoms with E-state index in [1.165, 1.54) is 12.5 Å². The first-order valence-corrected chi connectivity index (χ1v) is 10.5. The van der Waals surface area contributed by atoms with E-state index in [-0.39, 0.29) is 13.0 Å². The van der Waals surface area contributed by atoms with Crippen LogP contribution in [0.25, 0.3) is 0 Å². The predicted octanol–water partition coefficient (Wildman–Crippen LogP) is 3.17. The van der Waals surface area contributed by atoms with Gasteiger partial charge in [-0.05, 0) is 45.3 Å². The summed E-state index contributed by atoms with van der Waals surface area (Å²) in [6, 6.07) is 13.7. The van der Waals surface area contributed by atoms with Crippen molar-refractivity contribution in [2.75, 3.05) is 7.11 Å². The molecule has 0 unspecified atom stereocenters. The summed E-state index contributed by atoms with van der Waals surface area (Å²) in [7, 11) is 1.58. The highest BCUT2D eigenvalue weighted by Gasteiger charge is 2.22. The Morgan fingerprint density at radius 2 is 2.06 bits per heavy atom. The van der Waals surface area contributed by atoms with Crippen LogP contribution in [0.3, 0.4) is 0 Å². The smallest absolute Gasteiger partial charge is 0.408 e. The van der Waals surface area contributed by atoms with Crippen LogP contribution in [0.1, 0.15) is 16.8 Å². The first-order chi connectivity index (χ1) is 15.5. The van der Waals surface area contributed by atoms with Gasteiger partial charge in [0.05, 0.1) is 24.1 Å². The van der Waals surface area contributed by atoms with E-state index in [0.29, 0.717) is 11.4 Å². The fraction of sp³-hybridized carbons (Fsp3) is 0.182. The van der Waals surface area contributed by atoms with Crippen LogP contribution in [0, 0.1) is 0 Å². The summed E-state index contributed by atoms with van der Waals surface area (Å²) in [6.45, 7) is 0.0928. The van der Waals surface area contributed by atoms with Crippen LogP contribution >= 0.6 is 15.9 Å². The van der Waals surface area contributed by atoms with Gasteiger partial charge < -0.3 is 19.8 Å². The lowest BCUT2D eigenvalue weighted by molar-refractivity contribution is -0.123. The Morgan fingerprint density at radius 1 is 1.25 bits per heavy atom. The number of benzene rings is 2. The number of amides is 2. The summed E-state index contributed by atoms with van der Waals surface area (Å²) in [6.07, 6.45) is 4.04. The number of carbonyl (C=O) groups excluding carboxylic acids is 2. The summed E-state index contributed by atoms with van der Waals surface area (Å²) < 4.78 is 11.2. The number of aromatic nitrogens is 2. The maximum atomic E-state index is 12.7. The van der Waals surface area contributed by atoms with Crippen molar-refractivity contribution in [3.63, 3.8) is 0 Å². The average Bonchev–Trinajstić information content (AvgIpc) is 3.31. The lowest BCUT2D eigenvalue weighted by Crippen LogP contribution is -2.47. The molecule has 1 atom stereocenters. The van der Waals surface area contributed by atoms with Crippen LogP contribution in [0.15, 0.2) is 70.6 Å². The minimum absolute atomic E-state index is 0.0928. The molecule has 2 amide bonds. The van der Waals surface area contributed by atoms with Crippen molar-refractivity contribution in [1.82, 2.24) is 20.7 Å². The number of rotatable bonds is 9. The van der Waals surface area contributed by atoms with Gasteiger partial charge in [0.1, 0.15) is 18.4 Å². The topological polar surface area (TPSA) is 118 Å². The zero-order valence-corrected chi connectivity index (χ0v) is 18.8. The highest BCUT2D eigenvalue weighted by Crippen LogP contribution is 2.24. The van der Waals surface area contributed by atoms with Gasteiger partial charge in [-0.1, -0.05) is 30.3 Å². The molecule has 9 nitrogen and oxygen atoms in total. The van der Waals surface area contributed by atoms with Gasteiger partial charge in [-0.2, -0.15) is 5.10 Å². The van der Waals surface area contributed by atoms with E-state index in [4.69, 9.17) is 9.47 Å². The highest BCUT2D eigenvalue weighted by molar-refractivity contribution is 9.10. The first-order valence-electron chi connectivity index (χ1n) is 9.66. The van der Waals surface area contributed by atoms with Gasteiger partial charge in [-0.25, -0.2) is 15.2 Å². The molecule has 3 rings (SSSR count). The quantitative estimate of drug-likeness (QED) is 0.308. The van der Waals surface area contributed by atoms with Crippen molar-refractivity contribution in [2.45, 2.75) is 19.1 Å². The Kier molecular flexibility index (Phi) is 8.38. The fourth-order valence-electron chi connectivity index (χ4n) is 2.74. The molecule has 0 aliphatic heterocycles. The molecular formula is C22H22BrN5O4. The van der Waals surface area contributed by atoms with Crippen molar-refractivity contribution >= 4 is 34.1 Å². The number of alkyl carbamates (subject to hydrolysis) is 1. The molecule has 0 saturated heterocycles. The predicted molar refractivity (Wildman–Crippen MR) is 122 cm³/mol. The average molecular weight is 500 g/mol. The number of aromatic amines is 1. The molecule has 0 aliphatic carbocycles. The molecule has 0 saturated carbocycles. The van der Waals surface area contributed by atoms with Crippen LogP contribution in [0.4, 0.5) is 4.79 Å². The van der Waals surface area contributed by atoms with Crippen LogP contribution in [0.5, 0.6) is 5.75 Å². The van der Waals surface area contributed by atoms with E-state index in [2.05, 4.69) is 41.7 Å². The van der Waals surface area contributed by atoms with E-state index in [1.54, 1.807) is 31.5 Å². The Labute approximate surface area is 193 Å². The van der Waals surface area contributed by atoms with Gasteiger partial charge in [0.2, 0.25) is 0 Å². The van der Waals surface area contributed by atoms with Crippen LogP contribution in [-0.4, -0.2) is 41.3 Å².